The van der Waals surface area contributed by atoms with Crippen molar-refractivity contribution in [3.8, 4) is 0 Å². The van der Waals surface area contributed by atoms with Gasteiger partial charge >= 0.3 is 18.3 Å². The summed E-state index contributed by atoms with van der Waals surface area (Å²) >= 11 is 0. The molecule has 5 amide bonds. The second-order valence-corrected chi connectivity index (χ2v) is 11.2. The highest BCUT2D eigenvalue weighted by molar-refractivity contribution is 5.86. The van der Waals surface area contributed by atoms with Gasteiger partial charge in [0.2, 0.25) is 11.8 Å². The van der Waals surface area contributed by atoms with Gasteiger partial charge in [0.1, 0.15) is 24.3 Å². The lowest BCUT2D eigenvalue weighted by atomic mass is 10.2. The molecule has 0 aliphatic carbocycles. The number of piperazine rings is 2. The molecule has 2 aliphatic heterocycles. The monoisotopic (exact) mass is 590 g/mol. The van der Waals surface area contributed by atoms with E-state index in [2.05, 4.69) is 10.6 Å². The van der Waals surface area contributed by atoms with Crippen LogP contribution in [-0.4, -0.2) is 120 Å². The van der Waals surface area contributed by atoms with Crippen LogP contribution in [0.15, 0.2) is 30.3 Å². The molecule has 0 spiro atoms. The number of amides is 5. The summed E-state index contributed by atoms with van der Waals surface area (Å²) < 4.78 is 10.6. The average Bonchev–Trinajstić information content (AvgIpc) is 2.97. The van der Waals surface area contributed by atoms with Crippen molar-refractivity contribution in [3.05, 3.63) is 35.9 Å². The zero-order valence-corrected chi connectivity index (χ0v) is 25.0. The molecule has 232 valence electrons. The fraction of sp³-hybridized carbons (Fsp3) is 0.607. The molecule has 0 saturated carbocycles. The molecule has 2 atom stereocenters. The maximum atomic E-state index is 13.2. The van der Waals surface area contributed by atoms with Crippen molar-refractivity contribution in [1.29, 1.82) is 0 Å². The lowest BCUT2D eigenvalue weighted by Gasteiger charge is -2.37. The fourth-order valence-electron chi connectivity index (χ4n) is 4.38. The minimum absolute atomic E-state index is 0.0709. The number of benzene rings is 1. The Morgan fingerprint density at radius 1 is 0.881 bits per heavy atom. The first-order valence-electron chi connectivity index (χ1n) is 14.1. The molecule has 2 N–H and O–H groups in total. The van der Waals surface area contributed by atoms with Gasteiger partial charge in [-0.15, -0.1) is 5.06 Å². The lowest BCUT2D eigenvalue weighted by Crippen LogP contribution is -2.57. The number of hydrogen-bond acceptors (Lipinski definition) is 9. The molecule has 2 fully saturated rings. The molecule has 2 aliphatic rings. The first kappa shape index (κ1) is 32.4. The molecule has 0 radical (unpaired) electrons. The Balaban J connectivity index is 1.59. The second kappa shape index (κ2) is 14.7. The van der Waals surface area contributed by atoms with E-state index in [-0.39, 0.29) is 44.6 Å². The first-order valence-corrected chi connectivity index (χ1v) is 14.1. The third-order valence-corrected chi connectivity index (χ3v) is 6.65. The third-order valence-electron chi connectivity index (χ3n) is 6.65. The predicted octanol–water partition coefficient (Wildman–Crippen LogP) is 1.55. The third kappa shape index (κ3) is 9.50. The Kier molecular flexibility index (Phi) is 11.4. The van der Waals surface area contributed by atoms with Crippen molar-refractivity contribution in [2.75, 3.05) is 52.4 Å². The summed E-state index contributed by atoms with van der Waals surface area (Å²) in [6.45, 7) is 10.9. The average molecular weight is 591 g/mol. The standard InChI is InChI=1S/C28H42N6O8/c1-20(30-25(37)41-28(3,4)5)23(35)32-15-17-33(18-16-32)26(38)42-34(21(2)24(36)31-13-11-29-12-14-31)27(39)40-19-22-9-7-6-8-10-22/h6-10,20-21,29H,11-19H2,1-5H3,(H,30,37)/t20-,21-/m0/s1. The molecule has 0 aromatic heterocycles. The summed E-state index contributed by atoms with van der Waals surface area (Å²) in [4.78, 5) is 74.2. The van der Waals surface area contributed by atoms with Crippen LogP contribution in [0.25, 0.3) is 0 Å². The van der Waals surface area contributed by atoms with Crippen LogP contribution in [0.5, 0.6) is 0 Å². The van der Waals surface area contributed by atoms with E-state index in [1.165, 1.54) is 16.7 Å². The minimum Gasteiger partial charge on any atom is -0.444 e. The van der Waals surface area contributed by atoms with Crippen molar-refractivity contribution < 1.29 is 38.3 Å². The molecule has 1 aromatic rings. The van der Waals surface area contributed by atoms with E-state index >= 15 is 0 Å². The van der Waals surface area contributed by atoms with Crippen molar-refractivity contribution >= 4 is 30.1 Å². The molecule has 0 bridgehead atoms. The molecular formula is C28H42N6O8. The summed E-state index contributed by atoms with van der Waals surface area (Å²) in [7, 11) is 0. The van der Waals surface area contributed by atoms with E-state index < -0.39 is 36.0 Å². The van der Waals surface area contributed by atoms with E-state index in [4.69, 9.17) is 14.3 Å². The van der Waals surface area contributed by atoms with Crippen molar-refractivity contribution in [2.24, 2.45) is 0 Å². The predicted molar refractivity (Wildman–Crippen MR) is 151 cm³/mol. The molecule has 3 rings (SSSR count). The van der Waals surface area contributed by atoms with E-state index in [1.807, 2.05) is 6.07 Å². The number of carbonyl (C=O) groups excluding carboxylic acids is 5. The number of nitrogens with one attached hydrogen (secondary N) is 2. The molecule has 14 heteroatoms. The van der Waals surface area contributed by atoms with Crippen LogP contribution in [0, 0.1) is 0 Å². The van der Waals surface area contributed by atoms with Crippen LogP contribution in [-0.2, 0) is 30.5 Å². The SMILES string of the molecule is C[C@H](NC(=O)OC(C)(C)C)C(=O)N1CCN(C(=O)ON(C(=O)OCc2ccccc2)[C@@H](C)C(=O)N2CCNCC2)CC1. The summed E-state index contributed by atoms with van der Waals surface area (Å²) in [6, 6.07) is 7.04. The van der Waals surface area contributed by atoms with Gasteiger partial charge in [-0.2, -0.15) is 0 Å². The molecule has 1 aromatic carbocycles. The van der Waals surface area contributed by atoms with Gasteiger partial charge in [-0.05, 0) is 40.2 Å². The largest absolute Gasteiger partial charge is 0.444 e. The lowest BCUT2D eigenvalue weighted by molar-refractivity contribution is -0.158. The van der Waals surface area contributed by atoms with E-state index in [0.29, 0.717) is 31.2 Å². The van der Waals surface area contributed by atoms with Gasteiger partial charge in [-0.1, -0.05) is 30.3 Å². The zero-order valence-electron chi connectivity index (χ0n) is 25.0. The number of nitrogens with zero attached hydrogens (tertiary/aromatic N) is 4. The van der Waals surface area contributed by atoms with Crippen molar-refractivity contribution in [3.63, 3.8) is 0 Å². The smallest absolute Gasteiger partial charge is 0.444 e. The van der Waals surface area contributed by atoms with E-state index in [1.54, 1.807) is 56.9 Å². The van der Waals surface area contributed by atoms with Gasteiger partial charge in [-0.25, -0.2) is 14.4 Å². The summed E-state index contributed by atoms with van der Waals surface area (Å²) in [5.74, 6) is -0.696. The Bertz CT molecular complexity index is 1100. The highest BCUT2D eigenvalue weighted by Crippen LogP contribution is 2.14. The Morgan fingerprint density at radius 3 is 2.05 bits per heavy atom. The number of hydrogen-bond donors (Lipinski definition) is 2. The van der Waals surface area contributed by atoms with Crippen LogP contribution < -0.4 is 10.6 Å². The van der Waals surface area contributed by atoms with Gasteiger partial charge in [0.25, 0.3) is 0 Å². The molecule has 2 saturated heterocycles. The van der Waals surface area contributed by atoms with Crippen LogP contribution >= 0.6 is 0 Å². The highest BCUT2D eigenvalue weighted by Gasteiger charge is 2.37. The molecule has 2 heterocycles. The minimum atomic E-state index is -1.13. The second-order valence-electron chi connectivity index (χ2n) is 11.2. The number of rotatable bonds is 6. The zero-order chi connectivity index (χ0) is 30.9. The number of alkyl carbamates (subject to hydrolysis) is 1. The van der Waals surface area contributed by atoms with E-state index in [9.17, 15) is 24.0 Å². The molecular weight excluding hydrogens is 548 g/mol. The molecule has 42 heavy (non-hydrogen) atoms. The van der Waals surface area contributed by atoms with Crippen molar-refractivity contribution in [2.45, 2.75) is 58.9 Å². The van der Waals surface area contributed by atoms with Crippen molar-refractivity contribution in [1.82, 2.24) is 30.4 Å². The quantitative estimate of drug-likeness (QED) is 0.471. The first-order chi connectivity index (χ1) is 19.9. The Labute approximate surface area is 246 Å². The number of ether oxygens (including phenoxy) is 2. The summed E-state index contributed by atoms with van der Waals surface area (Å²) in [5, 5.41) is 6.37. The van der Waals surface area contributed by atoms with Gasteiger partial charge in [-0.3, -0.25) is 9.59 Å². The van der Waals surface area contributed by atoms with Crippen LogP contribution in [0.1, 0.15) is 40.2 Å². The van der Waals surface area contributed by atoms with Gasteiger partial charge in [0.05, 0.1) is 0 Å². The fourth-order valence-corrected chi connectivity index (χ4v) is 4.38. The number of carbonyl (C=O) groups is 5. The van der Waals surface area contributed by atoms with Gasteiger partial charge in [0.15, 0.2) is 0 Å². The normalized spacial score (nSPS) is 17.0. The Morgan fingerprint density at radius 2 is 1.45 bits per heavy atom. The van der Waals surface area contributed by atoms with Gasteiger partial charge in [0, 0.05) is 52.4 Å². The van der Waals surface area contributed by atoms with E-state index in [0.717, 1.165) is 5.56 Å². The summed E-state index contributed by atoms with van der Waals surface area (Å²) in [6.07, 6.45) is -2.52. The maximum absolute atomic E-state index is 13.2. The van der Waals surface area contributed by atoms with Crippen LogP contribution in [0.3, 0.4) is 0 Å². The van der Waals surface area contributed by atoms with Gasteiger partial charge < -0.3 is 39.6 Å². The summed E-state index contributed by atoms with van der Waals surface area (Å²) in [5.41, 5.74) is 0.0303. The van der Waals surface area contributed by atoms with Crippen LogP contribution in [0.2, 0.25) is 0 Å². The maximum Gasteiger partial charge on any atom is 0.444 e. The highest BCUT2D eigenvalue weighted by atomic mass is 16.8. The molecule has 14 nitrogen and oxygen atoms in total. The topological polar surface area (TPSA) is 150 Å². The molecule has 0 unspecified atom stereocenters. The number of hydroxylamine groups is 2. The van der Waals surface area contributed by atoms with Crippen LogP contribution in [0.4, 0.5) is 14.4 Å². The Hall–Kier alpha value is -4.07.